The summed E-state index contributed by atoms with van der Waals surface area (Å²) in [7, 11) is 0. The average molecular weight is 278 g/mol. The van der Waals surface area contributed by atoms with Crippen molar-refractivity contribution in [3.8, 4) is 0 Å². The number of nitrogens with one attached hydrogen (secondary N) is 1. The lowest BCUT2D eigenvalue weighted by molar-refractivity contribution is -0.132. The Hall–Kier alpha value is -1.49. The van der Waals surface area contributed by atoms with Crippen LogP contribution in [0.5, 0.6) is 0 Å². The van der Waals surface area contributed by atoms with Gasteiger partial charge in [0.1, 0.15) is 6.04 Å². The largest absolute Gasteiger partial charge is 0.345 e. The van der Waals surface area contributed by atoms with Gasteiger partial charge in [-0.3, -0.25) is 9.59 Å². The van der Waals surface area contributed by atoms with E-state index in [9.17, 15) is 9.59 Å². The molecular weight excluding hydrogens is 260 g/mol. The van der Waals surface area contributed by atoms with Crippen LogP contribution >= 0.6 is 11.8 Å². The van der Waals surface area contributed by atoms with Crippen molar-refractivity contribution in [1.29, 1.82) is 0 Å². The summed E-state index contributed by atoms with van der Waals surface area (Å²) in [5, 5.41) is 2.69. The fraction of sp³-hybridized carbons (Fsp3) is 0.429. The summed E-state index contributed by atoms with van der Waals surface area (Å²) >= 11 is 1.73. The first kappa shape index (κ1) is 13.9. The minimum absolute atomic E-state index is 0.0134. The Kier molecular flexibility index (Phi) is 4.85. The van der Waals surface area contributed by atoms with E-state index in [1.807, 2.05) is 18.2 Å². The van der Waals surface area contributed by atoms with E-state index in [0.717, 1.165) is 5.75 Å². The molecule has 1 atom stereocenters. The lowest BCUT2D eigenvalue weighted by atomic mass is 10.3. The fourth-order valence-electron chi connectivity index (χ4n) is 2.01. The molecule has 2 amide bonds. The van der Waals surface area contributed by atoms with Crippen molar-refractivity contribution in [2.24, 2.45) is 0 Å². The van der Waals surface area contributed by atoms with Crippen molar-refractivity contribution in [3.63, 3.8) is 0 Å². The molecule has 5 heteroatoms. The highest BCUT2D eigenvalue weighted by molar-refractivity contribution is 7.99. The molecule has 4 nitrogen and oxygen atoms in total. The number of amides is 2. The Morgan fingerprint density at radius 3 is 2.79 bits per heavy atom. The molecule has 1 heterocycles. The van der Waals surface area contributed by atoms with Crippen molar-refractivity contribution in [3.05, 3.63) is 30.3 Å². The van der Waals surface area contributed by atoms with Gasteiger partial charge in [0.15, 0.2) is 0 Å². The second kappa shape index (κ2) is 6.61. The maximum absolute atomic E-state index is 12.0. The molecular formula is C14H18N2O2S. The Bertz CT molecular complexity index is 450. The Labute approximate surface area is 117 Å². The zero-order valence-corrected chi connectivity index (χ0v) is 11.8. The van der Waals surface area contributed by atoms with Gasteiger partial charge in [-0.2, -0.15) is 0 Å². The summed E-state index contributed by atoms with van der Waals surface area (Å²) in [5.41, 5.74) is 0. The van der Waals surface area contributed by atoms with Gasteiger partial charge in [0.2, 0.25) is 11.8 Å². The molecule has 102 valence electrons. The van der Waals surface area contributed by atoms with Gasteiger partial charge in [0, 0.05) is 30.2 Å². The Morgan fingerprint density at radius 2 is 2.05 bits per heavy atom. The first-order valence-electron chi connectivity index (χ1n) is 6.43. The summed E-state index contributed by atoms with van der Waals surface area (Å²) in [6.45, 7) is 2.94. The zero-order chi connectivity index (χ0) is 13.7. The van der Waals surface area contributed by atoms with Crippen molar-refractivity contribution >= 4 is 23.6 Å². The molecule has 1 fully saturated rings. The molecule has 1 saturated heterocycles. The average Bonchev–Trinajstić information content (AvgIpc) is 2.53. The number of nitrogens with zero attached hydrogens (tertiary/aromatic N) is 1. The first-order valence-corrected chi connectivity index (χ1v) is 7.41. The van der Waals surface area contributed by atoms with Crippen LogP contribution in [0.25, 0.3) is 0 Å². The van der Waals surface area contributed by atoms with Crippen molar-refractivity contribution in [2.75, 3.05) is 18.8 Å². The van der Waals surface area contributed by atoms with Crippen molar-refractivity contribution < 1.29 is 9.59 Å². The van der Waals surface area contributed by atoms with Crippen LogP contribution < -0.4 is 5.32 Å². The lowest BCUT2D eigenvalue weighted by Gasteiger charge is -2.21. The summed E-state index contributed by atoms with van der Waals surface area (Å²) in [4.78, 5) is 26.4. The van der Waals surface area contributed by atoms with Crippen molar-refractivity contribution in [2.45, 2.75) is 24.3 Å². The first-order chi connectivity index (χ1) is 9.16. The summed E-state index contributed by atoms with van der Waals surface area (Å²) in [6.07, 6.45) is 0.395. The zero-order valence-electron chi connectivity index (χ0n) is 11.0. The van der Waals surface area contributed by atoms with E-state index < -0.39 is 6.04 Å². The minimum Gasteiger partial charge on any atom is -0.345 e. The van der Waals surface area contributed by atoms with Crippen LogP contribution in [-0.2, 0) is 9.59 Å². The molecule has 1 aliphatic rings. The highest BCUT2D eigenvalue weighted by Gasteiger charge is 2.25. The second-order valence-electron chi connectivity index (χ2n) is 4.53. The third-order valence-electron chi connectivity index (χ3n) is 3.04. The van der Waals surface area contributed by atoms with E-state index in [4.69, 9.17) is 0 Å². The minimum atomic E-state index is -0.406. The molecule has 1 unspecified atom stereocenters. The summed E-state index contributed by atoms with van der Waals surface area (Å²) < 4.78 is 0. The molecule has 1 aromatic rings. The van der Waals surface area contributed by atoms with E-state index in [2.05, 4.69) is 17.4 Å². The number of thioether (sulfide) groups is 1. The Morgan fingerprint density at radius 1 is 1.32 bits per heavy atom. The molecule has 0 radical (unpaired) electrons. The number of benzene rings is 1. The third kappa shape index (κ3) is 3.99. The van der Waals surface area contributed by atoms with Gasteiger partial charge in [-0.15, -0.1) is 11.8 Å². The molecule has 0 bridgehead atoms. The molecule has 19 heavy (non-hydrogen) atoms. The van der Waals surface area contributed by atoms with E-state index in [-0.39, 0.29) is 11.8 Å². The molecule has 0 aliphatic carbocycles. The number of carbonyl (C=O) groups excluding carboxylic acids is 2. The van der Waals surface area contributed by atoms with Crippen LogP contribution in [0.1, 0.15) is 13.3 Å². The van der Waals surface area contributed by atoms with Crippen LogP contribution in [0.3, 0.4) is 0 Å². The predicted octanol–water partition coefficient (Wildman–Crippen LogP) is 1.52. The second-order valence-corrected chi connectivity index (χ2v) is 5.69. The molecule has 1 N–H and O–H groups in total. The van der Waals surface area contributed by atoms with Gasteiger partial charge in [-0.1, -0.05) is 18.2 Å². The molecule has 0 saturated carbocycles. The van der Waals surface area contributed by atoms with Gasteiger partial charge in [-0.05, 0) is 19.1 Å². The monoisotopic (exact) mass is 278 g/mol. The molecule has 1 aromatic carbocycles. The molecule has 0 aromatic heterocycles. The van der Waals surface area contributed by atoms with Crippen LogP contribution in [0.4, 0.5) is 0 Å². The topological polar surface area (TPSA) is 49.4 Å². The number of carbonyl (C=O) groups is 2. The summed E-state index contributed by atoms with van der Waals surface area (Å²) in [6, 6.07) is 9.71. The molecule has 1 aliphatic heterocycles. The predicted molar refractivity (Wildman–Crippen MR) is 76.0 cm³/mol. The summed E-state index contributed by atoms with van der Waals surface area (Å²) in [5.74, 6) is 0.815. The van der Waals surface area contributed by atoms with Gasteiger partial charge in [0.25, 0.3) is 0 Å². The smallest absolute Gasteiger partial charge is 0.244 e. The number of hydrogen-bond acceptors (Lipinski definition) is 3. The lowest BCUT2D eigenvalue weighted by Crippen LogP contribution is -2.43. The number of rotatable bonds is 4. The fourth-order valence-corrected chi connectivity index (χ4v) is 2.91. The van der Waals surface area contributed by atoms with E-state index in [1.54, 1.807) is 23.6 Å². The SMILES string of the molecule is CC1NC(=O)CCN(CCSc2ccccc2)C1=O. The van der Waals surface area contributed by atoms with Gasteiger partial charge in [0.05, 0.1) is 0 Å². The van der Waals surface area contributed by atoms with Crippen LogP contribution in [0.2, 0.25) is 0 Å². The van der Waals surface area contributed by atoms with Gasteiger partial charge >= 0.3 is 0 Å². The quantitative estimate of drug-likeness (QED) is 0.850. The van der Waals surface area contributed by atoms with Crippen LogP contribution in [0.15, 0.2) is 35.2 Å². The van der Waals surface area contributed by atoms with Crippen molar-refractivity contribution in [1.82, 2.24) is 10.2 Å². The molecule has 0 spiro atoms. The normalized spacial score (nSPS) is 20.1. The van der Waals surface area contributed by atoms with Crippen LogP contribution in [0, 0.1) is 0 Å². The maximum Gasteiger partial charge on any atom is 0.244 e. The van der Waals surface area contributed by atoms with Gasteiger partial charge < -0.3 is 10.2 Å². The van der Waals surface area contributed by atoms with Gasteiger partial charge in [-0.25, -0.2) is 0 Å². The van der Waals surface area contributed by atoms with E-state index >= 15 is 0 Å². The molecule has 2 rings (SSSR count). The van der Waals surface area contributed by atoms with E-state index in [1.165, 1.54) is 4.90 Å². The third-order valence-corrected chi connectivity index (χ3v) is 4.03. The standard InChI is InChI=1S/C14H18N2O2S/c1-11-14(18)16(8-7-13(17)15-11)9-10-19-12-5-3-2-4-6-12/h2-6,11H,7-10H2,1H3,(H,15,17). The highest BCUT2D eigenvalue weighted by Crippen LogP contribution is 2.17. The van der Waals surface area contributed by atoms with Crippen LogP contribution in [-0.4, -0.2) is 41.6 Å². The van der Waals surface area contributed by atoms with E-state index in [0.29, 0.717) is 19.5 Å². The Balaban J connectivity index is 1.84. The highest BCUT2D eigenvalue weighted by atomic mass is 32.2. The number of hydrogen-bond donors (Lipinski definition) is 1. The maximum atomic E-state index is 12.0.